The molecular formula is C18H25NO7S. The molecule has 0 aromatic heterocycles. The number of likely N-dealkylation sites (tertiary alicyclic amines) is 1. The largest absolute Gasteiger partial charge is 0.494 e. The van der Waals surface area contributed by atoms with Gasteiger partial charge in [-0.05, 0) is 37.1 Å². The van der Waals surface area contributed by atoms with Gasteiger partial charge in [-0.3, -0.25) is 9.59 Å². The third kappa shape index (κ3) is 6.21. The SMILES string of the molecule is COC1CC(CC(=O)O)N(C(=O)CCCOc2ccc(S(C)(=O)=O)cc2)C1. The number of rotatable bonds is 9. The van der Waals surface area contributed by atoms with Crippen LogP contribution < -0.4 is 4.74 Å². The molecule has 0 radical (unpaired) electrons. The van der Waals surface area contributed by atoms with Crippen LogP contribution >= 0.6 is 0 Å². The highest BCUT2D eigenvalue weighted by Gasteiger charge is 2.36. The molecule has 1 heterocycles. The van der Waals surface area contributed by atoms with Crippen LogP contribution in [-0.4, -0.2) is 69.0 Å². The van der Waals surface area contributed by atoms with Crippen molar-refractivity contribution in [3.05, 3.63) is 24.3 Å². The van der Waals surface area contributed by atoms with Gasteiger partial charge >= 0.3 is 5.97 Å². The van der Waals surface area contributed by atoms with Crippen LogP contribution in [-0.2, 0) is 24.2 Å². The van der Waals surface area contributed by atoms with Gasteiger partial charge in [0.15, 0.2) is 9.84 Å². The molecular weight excluding hydrogens is 374 g/mol. The zero-order valence-electron chi connectivity index (χ0n) is 15.5. The van der Waals surface area contributed by atoms with Crippen molar-refractivity contribution in [1.29, 1.82) is 0 Å². The van der Waals surface area contributed by atoms with E-state index in [4.69, 9.17) is 14.6 Å². The normalized spacial score (nSPS) is 19.9. The number of carbonyl (C=O) groups excluding carboxylic acids is 1. The predicted octanol–water partition coefficient (Wildman–Crippen LogP) is 1.34. The summed E-state index contributed by atoms with van der Waals surface area (Å²) in [5, 5.41) is 9.01. The second-order valence-electron chi connectivity index (χ2n) is 6.59. The number of ether oxygens (including phenoxy) is 2. The van der Waals surface area contributed by atoms with Crippen LogP contribution in [0.1, 0.15) is 25.7 Å². The monoisotopic (exact) mass is 399 g/mol. The molecule has 0 bridgehead atoms. The Balaban J connectivity index is 1.80. The number of benzene rings is 1. The number of aliphatic carboxylic acids is 1. The summed E-state index contributed by atoms with van der Waals surface area (Å²) < 4.78 is 33.6. The fourth-order valence-corrected chi connectivity index (χ4v) is 3.72. The van der Waals surface area contributed by atoms with E-state index >= 15 is 0 Å². The Hall–Kier alpha value is -2.13. The van der Waals surface area contributed by atoms with Crippen molar-refractivity contribution < 1.29 is 32.6 Å². The lowest BCUT2D eigenvalue weighted by Crippen LogP contribution is -2.37. The van der Waals surface area contributed by atoms with Crippen molar-refractivity contribution in [2.45, 2.75) is 42.7 Å². The fraction of sp³-hybridized carbons (Fsp3) is 0.556. The maximum Gasteiger partial charge on any atom is 0.305 e. The Morgan fingerprint density at radius 1 is 1.26 bits per heavy atom. The minimum absolute atomic E-state index is 0.0885. The van der Waals surface area contributed by atoms with Crippen molar-refractivity contribution in [1.82, 2.24) is 4.90 Å². The van der Waals surface area contributed by atoms with Gasteiger partial charge in [-0.1, -0.05) is 0 Å². The quantitative estimate of drug-likeness (QED) is 0.624. The van der Waals surface area contributed by atoms with Gasteiger partial charge in [0.2, 0.25) is 5.91 Å². The number of nitrogens with zero attached hydrogens (tertiary/aromatic N) is 1. The Morgan fingerprint density at radius 3 is 2.48 bits per heavy atom. The molecule has 0 aliphatic carbocycles. The first-order chi connectivity index (χ1) is 12.7. The molecule has 0 saturated carbocycles. The summed E-state index contributed by atoms with van der Waals surface area (Å²) in [4.78, 5) is 25.2. The number of carboxylic acid groups (broad SMARTS) is 1. The summed E-state index contributed by atoms with van der Waals surface area (Å²) in [6.45, 7) is 0.705. The first kappa shape index (κ1) is 21.2. The summed E-state index contributed by atoms with van der Waals surface area (Å²) in [6, 6.07) is 5.75. The van der Waals surface area contributed by atoms with E-state index in [1.54, 1.807) is 24.1 Å². The molecule has 2 unspecified atom stereocenters. The van der Waals surface area contributed by atoms with Gasteiger partial charge in [-0.25, -0.2) is 8.42 Å². The number of methoxy groups -OCH3 is 1. The third-order valence-electron chi connectivity index (χ3n) is 4.50. The number of carbonyl (C=O) groups is 2. The summed E-state index contributed by atoms with van der Waals surface area (Å²) in [5.41, 5.74) is 0. The van der Waals surface area contributed by atoms with Crippen LogP contribution in [0.15, 0.2) is 29.2 Å². The molecule has 2 rings (SSSR count). The number of hydrogen-bond acceptors (Lipinski definition) is 6. The van der Waals surface area contributed by atoms with Crippen LogP contribution in [0.5, 0.6) is 5.75 Å². The fourth-order valence-electron chi connectivity index (χ4n) is 3.09. The second kappa shape index (κ2) is 9.18. The average molecular weight is 399 g/mol. The second-order valence-corrected chi connectivity index (χ2v) is 8.60. The Kier molecular flexibility index (Phi) is 7.20. The van der Waals surface area contributed by atoms with E-state index in [-0.39, 0.29) is 35.8 Å². The number of amides is 1. The average Bonchev–Trinajstić information content (AvgIpc) is 3.00. The van der Waals surface area contributed by atoms with Crippen molar-refractivity contribution in [2.75, 3.05) is 26.5 Å². The van der Waals surface area contributed by atoms with Crippen LogP contribution in [0.25, 0.3) is 0 Å². The van der Waals surface area contributed by atoms with E-state index in [0.717, 1.165) is 6.26 Å². The van der Waals surface area contributed by atoms with E-state index in [9.17, 15) is 18.0 Å². The highest BCUT2D eigenvalue weighted by Crippen LogP contribution is 2.24. The molecule has 1 amide bonds. The Bertz CT molecular complexity index is 760. The van der Waals surface area contributed by atoms with Gasteiger partial charge in [0, 0.05) is 32.4 Å². The highest BCUT2D eigenvalue weighted by molar-refractivity contribution is 7.90. The molecule has 0 spiro atoms. The molecule has 8 nitrogen and oxygen atoms in total. The maximum atomic E-state index is 12.4. The Morgan fingerprint density at radius 2 is 1.93 bits per heavy atom. The first-order valence-corrected chi connectivity index (χ1v) is 10.6. The molecule has 1 aliphatic heterocycles. The molecule has 150 valence electrons. The zero-order valence-corrected chi connectivity index (χ0v) is 16.3. The topological polar surface area (TPSA) is 110 Å². The minimum atomic E-state index is -3.24. The van der Waals surface area contributed by atoms with Gasteiger partial charge in [0.1, 0.15) is 5.75 Å². The first-order valence-electron chi connectivity index (χ1n) is 8.67. The van der Waals surface area contributed by atoms with Crippen molar-refractivity contribution in [3.63, 3.8) is 0 Å². The summed E-state index contributed by atoms with van der Waals surface area (Å²) in [7, 11) is -1.69. The van der Waals surface area contributed by atoms with Crippen molar-refractivity contribution >= 4 is 21.7 Å². The molecule has 2 atom stereocenters. The molecule has 27 heavy (non-hydrogen) atoms. The summed E-state index contributed by atoms with van der Waals surface area (Å²) in [5.74, 6) is -0.522. The van der Waals surface area contributed by atoms with Gasteiger partial charge in [-0.2, -0.15) is 0 Å². The maximum absolute atomic E-state index is 12.4. The van der Waals surface area contributed by atoms with E-state index in [1.807, 2.05) is 0 Å². The molecule has 1 aromatic rings. The number of sulfone groups is 1. The molecule has 1 aliphatic rings. The van der Waals surface area contributed by atoms with Crippen LogP contribution in [0.3, 0.4) is 0 Å². The van der Waals surface area contributed by atoms with Crippen molar-refractivity contribution in [3.8, 4) is 5.75 Å². The van der Waals surface area contributed by atoms with Crippen molar-refractivity contribution in [2.24, 2.45) is 0 Å². The van der Waals surface area contributed by atoms with E-state index in [1.165, 1.54) is 12.1 Å². The van der Waals surface area contributed by atoms with E-state index in [0.29, 0.717) is 31.7 Å². The molecule has 9 heteroatoms. The van der Waals surface area contributed by atoms with Gasteiger partial charge in [0.05, 0.1) is 24.0 Å². The zero-order chi connectivity index (χ0) is 20.0. The third-order valence-corrected chi connectivity index (χ3v) is 5.62. The smallest absolute Gasteiger partial charge is 0.305 e. The Labute approximate surface area is 159 Å². The van der Waals surface area contributed by atoms with E-state index < -0.39 is 15.8 Å². The lowest BCUT2D eigenvalue weighted by Gasteiger charge is -2.23. The summed E-state index contributed by atoms with van der Waals surface area (Å²) in [6.07, 6.45) is 2.16. The van der Waals surface area contributed by atoms with Crippen LogP contribution in [0, 0.1) is 0 Å². The van der Waals surface area contributed by atoms with Gasteiger partial charge in [-0.15, -0.1) is 0 Å². The number of carboxylic acids is 1. The number of hydrogen-bond donors (Lipinski definition) is 1. The lowest BCUT2D eigenvalue weighted by molar-refractivity contribution is -0.140. The molecule has 1 aromatic carbocycles. The van der Waals surface area contributed by atoms with Crippen LogP contribution in [0.4, 0.5) is 0 Å². The van der Waals surface area contributed by atoms with E-state index in [2.05, 4.69) is 0 Å². The highest BCUT2D eigenvalue weighted by atomic mass is 32.2. The molecule has 1 fully saturated rings. The summed E-state index contributed by atoms with van der Waals surface area (Å²) >= 11 is 0. The molecule has 1 saturated heterocycles. The van der Waals surface area contributed by atoms with Gasteiger partial charge < -0.3 is 19.5 Å². The molecule has 1 N–H and O–H groups in total. The van der Waals surface area contributed by atoms with Crippen LogP contribution in [0.2, 0.25) is 0 Å². The lowest BCUT2D eigenvalue weighted by atomic mass is 10.1. The standard InChI is InChI=1S/C18H25NO7S/c1-25-15-10-13(11-18(21)22)19(12-15)17(20)4-3-9-26-14-5-7-16(8-6-14)27(2,23)24/h5-8,13,15H,3-4,9-12H2,1-2H3,(H,21,22). The van der Waals surface area contributed by atoms with Gasteiger partial charge in [0.25, 0.3) is 0 Å². The predicted molar refractivity (Wildman–Crippen MR) is 97.4 cm³/mol. The minimum Gasteiger partial charge on any atom is -0.494 e.